The minimum absolute atomic E-state index is 0.0145. The van der Waals surface area contributed by atoms with Crippen LogP contribution in [0.15, 0.2) is 41.7 Å². The monoisotopic (exact) mass is 425 g/mol. The van der Waals surface area contributed by atoms with E-state index in [0.717, 1.165) is 25.9 Å². The summed E-state index contributed by atoms with van der Waals surface area (Å²) < 4.78 is 32.5. The van der Waals surface area contributed by atoms with Gasteiger partial charge < -0.3 is 9.72 Å². The molecule has 0 aliphatic carbocycles. The van der Waals surface area contributed by atoms with Crippen LogP contribution in [0.3, 0.4) is 0 Å². The summed E-state index contributed by atoms with van der Waals surface area (Å²) in [5.41, 5.74) is 1.72. The Kier molecular flexibility index (Phi) is 5.82. The third kappa shape index (κ3) is 3.83. The maximum absolute atomic E-state index is 15.0. The highest BCUT2D eigenvalue weighted by atomic mass is 19.1. The number of nitrogens with zero attached hydrogens (tertiary/aromatic N) is 4. The first-order valence-corrected chi connectivity index (χ1v) is 10.6. The predicted octanol–water partition coefficient (Wildman–Crippen LogP) is 4.25. The van der Waals surface area contributed by atoms with E-state index in [1.807, 2.05) is 13.8 Å². The number of hydrogen-bond acceptors (Lipinski definition) is 4. The molecule has 0 atom stereocenters. The highest BCUT2D eigenvalue weighted by Crippen LogP contribution is 2.27. The van der Waals surface area contributed by atoms with Crippen LogP contribution in [0, 0.1) is 18.6 Å². The van der Waals surface area contributed by atoms with Gasteiger partial charge in [-0.3, -0.25) is 9.36 Å². The second-order valence-corrected chi connectivity index (χ2v) is 7.48. The zero-order valence-corrected chi connectivity index (χ0v) is 17.8. The predicted molar refractivity (Wildman–Crippen MR) is 117 cm³/mol. The summed E-state index contributed by atoms with van der Waals surface area (Å²) in [6, 6.07) is 4.22. The molecule has 1 N–H and O–H groups in total. The van der Waals surface area contributed by atoms with Gasteiger partial charge in [0.15, 0.2) is 11.5 Å². The van der Waals surface area contributed by atoms with Crippen molar-refractivity contribution in [3.63, 3.8) is 0 Å². The average Bonchev–Trinajstić information content (AvgIpc) is 3.16. The van der Waals surface area contributed by atoms with Gasteiger partial charge in [0.25, 0.3) is 5.56 Å². The number of halogens is 2. The van der Waals surface area contributed by atoms with Gasteiger partial charge in [-0.25, -0.2) is 18.7 Å². The van der Waals surface area contributed by atoms with Crippen LogP contribution in [0.4, 0.5) is 8.78 Å². The number of aromatic nitrogens is 4. The molecule has 5 rings (SSSR count). The molecule has 0 bridgehead atoms. The summed E-state index contributed by atoms with van der Waals surface area (Å²) in [7, 11) is 0. The number of piperidine rings is 1. The van der Waals surface area contributed by atoms with Crippen LogP contribution in [0.1, 0.15) is 38.4 Å². The Balaban J connectivity index is 0.00000112. The average molecular weight is 425 g/mol. The first kappa shape index (κ1) is 21.1. The number of pyridine rings is 1. The van der Waals surface area contributed by atoms with Crippen LogP contribution in [-0.2, 0) is 0 Å². The molecule has 0 radical (unpaired) electrons. The Morgan fingerprint density at radius 2 is 1.74 bits per heavy atom. The number of fused-ring (bicyclic) bond motifs is 2. The number of imidazole rings is 1. The van der Waals surface area contributed by atoms with Gasteiger partial charge in [0.2, 0.25) is 0 Å². The molecule has 1 aromatic carbocycles. The standard InChI is InChI=1S/C21H19F2N5O.C2H6/c1-12-9-27-10-14(7-17(23)20(27)26-12)13-6-16(22)19-18(8-13)25-11-28(21(19)29)15-2-4-24-5-3-15;1-2/h6-11,15,24H,2-5H2,1H3;1-2H3. The first-order valence-electron chi connectivity index (χ1n) is 10.6. The summed E-state index contributed by atoms with van der Waals surface area (Å²) in [5.74, 6) is -1.15. The van der Waals surface area contributed by atoms with Crippen LogP contribution in [0.2, 0.25) is 0 Å². The SMILES string of the molecule is CC.Cc1cn2cc(-c3cc(F)c4c(=O)n(C5CCNCC5)cnc4c3)cc(F)c2n1. The van der Waals surface area contributed by atoms with Crippen LogP contribution in [0.5, 0.6) is 0 Å². The largest absolute Gasteiger partial charge is 0.317 e. The number of hydrogen-bond donors (Lipinski definition) is 1. The molecule has 1 aliphatic rings. The molecule has 4 heterocycles. The fourth-order valence-corrected chi connectivity index (χ4v) is 4.06. The molecule has 0 saturated carbocycles. The van der Waals surface area contributed by atoms with E-state index in [4.69, 9.17) is 0 Å². The van der Waals surface area contributed by atoms with E-state index in [1.54, 1.807) is 29.8 Å². The van der Waals surface area contributed by atoms with E-state index in [0.29, 0.717) is 16.8 Å². The molecule has 0 amide bonds. The van der Waals surface area contributed by atoms with Gasteiger partial charge in [0.05, 0.1) is 17.5 Å². The Morgan fingerprint density at radius 3 is 2.48 bits per heavy atom. The molecule has 162 valence electrons. The molecule has 6 nitrogen and oxygen atoms in total. The van der Waals surface area contributed by atoms with Crippen LogP contribution >= 0.6 is 0 Å². The lowest BCUT2D eigenvalue weighted by Crippen LogP contribution is -2.34. The van der Waals surface area contributed by atoms with E-state index in [1.165, 1.54) is 23.0 Å². The maximum Gasteiger partial charge on any atom is 0.264 e. The Bertz CT molecular complexity index is 1310. The molecule has 1 aliphatic heterocycles. The van der Waals surface area contributed by atoms with Crippen LogP contribution in [-0.4, -0.2) is 32.0 Å². The second kappa shape index (κ2) is 8.55. The Morgan fingerprint density at radius 1 is 1.03 bits per heavy atom. The van der Waals surface area contributed by atoms with E-state index < -0.39 is 11.6 Å². The first-order chi connectivity index (χ1) is 15.0. The smallest absolute Gasteiger partial charge is 0.264 e. The van der Waals surface area contributed by atoms with E-state index in [2.05, 4.69) is 15.3 Å². The molecular formula is C23H25F2N5O. The Labute approximate surface area is 178 Å². The lowest BCUT2D eigenvalue weighted by Gasteiger charge is -2.24. The molecule has 8 heteroatoms. The molecule has 0 unspecified atom stereocenters. The quantitative estimate of drug-likeness (QED) is 0.522. The van der Waals surface area contributed by atoms with Crippen molar-refractivity contribution in [3.8, 4) is 11.1 Å². The summed E-state index contributed by atoms with van der Waals surface area (Å²) in [6.45, 7) is 7.41. The maximum atomic E-state index is 15.0. The molecule has 31 heavy (non-hydrogen) atoms. The highest BCUT2D eigenvalue weighted by molar-refractivity contribution is 5.84. The summed E-state index contributed by atoms with van der Waals surface area (Å²) in [4.78, 5) is 21.4. The van der Waals surface area contributed by atoms with Gasteiger partial charge in [-0.15, -0.1) is 0 Å². The zero-order chi connectivity index (χ0) is 22.1. The fraction of sp³-hybridized carbons (Fsp3) is 0.348. The van der Waals surface area contributed by atoms with Gasteiger partial charge in [-0.2, -0.15) is 0 Å². The van der Waals surface area contributed by atoms with Crippen LogP contribution in [0.25, 0.3) is 27.7 Å². The molecule has 0 spiro atoms. The highest BCUT2D eigenvalue weighted by Gasteiger charge is 2.20. The number of rotatable bonds is 2. The molecule has 3 aromatic heterocycles. The third-order valence-electron chi connectivity index (χ3n) is 5.50. The zero-order valence-electron chi connectivity index (χ0n) is 17.8. The third-order valence-corrected chi connectivity index (χ3v) is 5.50. The van der Waals surface area contributed by atoms with Gasteiger partial charge >= 0.3 is 0 Å². The molecule has 4 aromatic rings. The van der Waals surface area contributed by atoms with Crippen molar-refractivity contribution in [2.24, 2.45) is 0 Å². The minimum atomic E-state index is -0.652. The van der Waals surface area contributed by atoms with Crippen molar-refractivity contribution in [1.29, 1.82) is 0 Å². The Hall–Kier alpha value is -3.13. The van der Waals surface area contributed by atoms with Gasteiger partial charge in [-0.1, -0.05) is 13.8 Å². The number of benzene rings is 1. The van der Waals surface area contributed by atoms with Crippen molar-refractivity contribution < 1.29 is 8.78 Å². The van der Waals surface area contributed by atoms with Crippen molar-refractivity contribution >= 4 is 16.6 Å². The molecular weight excluding hydrogens is 400 g/mol. The summed E-state index contributed by atoms with van der Waals surface area (Å²) in [5, 5.41) is 3.22. The van der Waals surface area contributed by atoms with Crippen molar-refractivity contribution in [2.45, 2.75) is 39.7 Å². The second-order valence-electron chi connectivity index (χ2n) is 7.48. The van der Waals surface area contributed by atoms with Crippen molar-refractivity contribution in [3.05, 3.63) is 64.6 Å². The topological polar surface area (TPSA) is 64.2 Å². The molecule has 1 fully saturated rings. The van der Waals surface area contributed by atoms with E-state index in [-0.39, 0.29) is 28.2 Å². The lowest BCUT2D eigenvalue weighted by molar-refractivity contribution is 0.359. The lowest BCUT2D eigenvalue weighted by atomic mass is 10.0. The van der Waals surface area contributed by atoms with E-state index >= 15 is 0 Å². The summed E-state index contributed by atoms with van der Waals surface area (Å²) in [6.07, 6.45) is 6.49. The van der Waals surface area contributed by atoms with Crippen molar-refractivity contribution in [1.82, 2.24) is 24.3 Å². The minimum Gasteiger partial charge on any atom is -0.317 e. The normalized spacial score (nSPS) is 14.6. The van der Waals surface area contributed by atoms with Gasteiger partial charge in [-0.05, 0) is 56.6 Å². The van der Waals surface area contributed by atoms with Gasteiger partial charge in [0, 0.05) is 24.0 Å². The number of aryl methyl sites for hydroxylation is 1. The fourth-order valence-electron chi connectivity index (χ4n) is 4.06. The van der Waals surface area contributed by atoms with Crippen molar-refractivity contribution in [2.75, 3.05) is 13.1 Å². The molecule has 1 saturated heterocycles. The van der Waals surface area contributed by atoms with E-state index in [9.17, 15) is 13.6 Å². The summed E-state index contributed by atoms with van der Waals surface area (Å²) >= 11 is 0. The van der Waals surface area contributed by atoms with Crippen LogP contribution < -0.4 is 10.9 Å². The number of nitrogens with one attached hydrogen (secondary N) is 1. The van der Waals surface area contributed by atoms with Gasteiger partial charge in [0.1, 0.15) is 11.2 Å².